The standard InChI is InChI=1S/C46H76NO10P/c1-3-5-7-9-11-13-15-17-18-19-20-21-22-23-24-26-27-29-31-33-35-37-44(48)54-39-42(40-55-58(52,53)56-41-43(47)46(50)51)57-45(49)38-36-34-32-30-28-25-16-14-12-10-8-6-4-2/h11,13,17-18,20-21,23-25,27-29,32,34,42-43H,3-10,12,14-16,19,22,26,30-31,33,35-41,47H2,1-2H3,(H,50,51)(H,52,53)/b13-11+,18-17+,21-20+,24-23+,28-25+,29-27+,34-32+/t42?,43-/m0/s1. The molecular formula is C46H76NO10P. The summed E-state index contributed by atoms with van der Waals surface area (Å²) in [5, 5.41) is 8.88. The van der Waals surface area contributed by atoms with Gasteiger partial charge in [0.2, 0.25) is 0 Å². The molecule has 0 spiro atoms. The third-order valence-electron chi connectivity index (χ3n) is 8.63. The Morgan fingerprint density at radius 2 is 0.948 bits per heavy atom. The van der Waals surface area contributed by atoms with Gasteiger partial charge in [-0.1, -0.05) is 144 Å². The van der Waals surface area contributed by atoms with Crippen LogP contribution in [0.4, 0.5) is 0 Å². The maximum atomic E-state index is 12.6. The summed E-state index contributed by atoms with van der Waals surface area (Å²) in [5.74, 6) is -2.53. The first kappa shape index (κ1) is 54.7. The number of unbranched alkanes of at least 4 members (excludes halogenated alkanes) is 11. The fourth-order valence-corrected chi connectivity index (χ4v) is 5.97. The molecule has 0 aliphatic carbocycles. The van der Waals surface area contributed by atoms with Crippen LogP contribution in [0.2, 0.25) is 0 Å². The van der Waals surface area contributed by atoms with Gasteiger partial charge in [0.05, 0.1) is 13.2 Å². The van der Waals surface area contributed by atoms with Gasteiger partial charge in [0.1, 0.15) is 12.6 Å². The zero-order chi connectivity index (χ0) is 42.8. The summed E-state index contributed by atoms with van der Waals surface area (Å²) in [6.45, 7) is 2.64. The van der Waals surface area contributed by atoms with Gasteiger partial charge in [-0.3, -0.25) is 23.4 Å². The quantitative estimate of drug-likeness (QED) is 0.0233. The van der Waals surface area contributed by atoms with Crippen LogP contribution < -0.4 is 5.73 Å². The van der Waals surface area contributed by atoms with Gasteiger partial charge in [0.15, 0.2) is 6.10 Å². The molecule has 0 saturated carbocycles. The van der Waals surface area contributed by atoms with E-state index in [0.29, 0.717) is 12.8 Å². The molecule has 12 heteroatoms. The Morgan fingerprint density at radius 3 is 1.47 bits per heavy atom. The van der Waals surface area contributed by atoms with Crippen LogP contribution in [0.15, 0.2) is 85.1 Å². The predicted molar refractivity (Wildman–Crippen MR) is 235 cm³/mol. The zero-order valence-electron chi connectivity index (χ0n) is 35.6. The maximum absolute atomic E-state index is 12.6. The fraction of sp³-hybridized carbons (Fsp3) is 0.630. The lowest BCUT2D eigenvalue weighted by Crippen LogP contribution is -2.34. The molecule has 0 aliphatic heterocycles. The molecule has 0 radical (unpaired) electrons. The third-order valence-corrected chi connectivity index (χ3v) is 9.58. The van der Waals surface area contributed by atoms with Crippen molar-refractivity contribution in [3.63, 3.8) is 0 Å². The lowest BCUT2D eigenvalue weighted by molar-refractivity contribution is -0.161. The van der Waals surface area contributed by atoms with E-state index in [-0.39, 0.29) is 12.8 Å². The zero-order valence-corrected chi connectivity index (χ0v) is 36.5. The minimum absolute atomic E-state index is 0.0408. The van der Waals surface area contributed by atoms with Crippen LogP contribution in [-0.2, 0) is 37.5 Å². The highest BCUT2D eigenvalue weighted by Crippen LogP contribution is 2.43. The minimum Gasteiger partial charge on any atom is -0.480 e. The highest BCUT2D eigenvalue weighted by Gasteiger charge is 2.28. The second-order valence-electron chi connectivity index (χ2n) is 14.1. The Morgan fingerprint density at radius 1 is 0.534 bits per heavy atom. The number of phosphoric acid groups is 1. The summed E-state index contributed by atoms with van der Waals surface area (Å²) in [4.78, 5) is 45.9. The average Bonchev–Trinajstić information content (AvgIpc) is 3.20. The first-order valence-corrected chi connectivity index (χ1v) is 23.1. The lowest BCUT2D eigenvalue weighted by Gasteiger charge is -2.20. The number of carbonyl (C=O) groups excluding carboxylic acids is 2. The Kier molecular flexibility index (Phi) is 38.1. The number of hydrogen-bond acceptors (Lipinski definition) is 9. The SMILES string of the molecule is CCCCC/C=C/C/C=C/C/C=C/C/C=C/C/C=C/CCCCC(=O)OCC(COP(=O)(O)OC[C@H](N)C(=O)O)OC(=O)CC/C=C/C/C=C/CCCCCCCC. The summed E-state index contributed by atoms with van der Waals surface area (Å²) in [6.07, 6.45) is 49.6. The molecule has 0 fully saturated rings. The van der Waals surface area contributed by atoms with E-state index >= 15 is 0 Å². The number of carbonyl (C=O) groups is 3. The number of phosphoric ester groups is 1. The molecule has 0 rings (SSSR count). The molecule has 0 aromatic carbocycles. The molecule has 3 atom stereocenters. The average molecular weight is 834 g/mol. The number of nitrogens with two attached hydrogens (primary N) is 1. The Labute approximate surface area is 350 Å². The molecule has 0 amide bonds. The number of rotatable bonds is 39. The molecular weight excluding hydrogens is 757 g/mol. The fourth-order valence-electron chi connectivity index (χ4n) is 5.19. The normalized spacial score (nSPS) is 14.6. The Balaban J connectivity index is 4.51. The van der Waals surface area contributed by atoms with Gasteiger partial charge in [-0.25, -0.2) is 4.57 Å². The van der Waals surface area contributed by atoms with E-state index in [1.807, 2.05) is 12.2 Å². The van der Waals surface area contributed by atoms with Gasteiger partial charge < -0.3 is 25.2 Å². The van der Waals surface area contributed by atoms with Crippen molar-refractivity contribution < 1.29 is 47.5 Å². The summed E-state index contributed by atoms with van der Waals surface area (Å²) < 4.78 is 32.5. The predicted octanol–water partition coefficient (Wildman–Crippen LogP) is 11.5. The number of ether oxygens (including phenoxy) is 2. The van der Waals surface area contributed by atoms with Gasteiger partial charge in [-0.2, -0.15) is 0 Å². The third kappa shape index (κ3) is 39.5. The summed E-state index contributed by atoms with van der Waals surface area (Å²) in [7, 11) is -4.74. The number of allylic oxidation sites excluding steroid dienone is 14. The van der Waals surface area contributed by atoms with Gasteiger partial charge in [-0.05, 0) is 83.5 Å². The Bertz CT molecular complexity index is 1300. The van der Waals surface area contributed by atoms with Crippen LogP contribution in [0.1, 0.15) is 155 Å². The van der Waals surface area contributed by atoms with Crippen molar-refractivity contribution in [1.29, 1.82) is 0 Å². The highest BCUT2D eigenvalue weighted by atomic mass is 31.2. The van der Waals surface area contributed by atoms with Crippen LogP contribution in [0.3, 0.4) is 0 Å². The maximum Gasteiger partial charge on any atom is 0.472 e. The minimum atomic E-state index is -4.74. The topological polar surface area (TPSA) is 172 Å². The number of hydrogen-bond donors (Lipinski definition) is 3. The molecule has 0 bridgehead atoms. The van der Waals surface area contributed by atoms with E-state index in [0.717, 1.165) is 51.4 Å². The van der Waals surface area contributed by atoms with Crippen LogP contribution in [-0.4, -0.2) is 59.9 Å². The molecule has 11 nitrogen and oxygen atoms in total. The second kappa shape index (κ2) is 40.4. The van der Waals surface area contributed by atoms with E-state index in [1.165, 1.54) is 64.2 Å². The molecule has 0 aliphatic rings. The van der Waals surface area contributed by atoms with Gasteiger partial charge in [0.25, 0.3) is 0 Å². The van der Waals surface area contributed by atoms with Crippen molar-refractivity contribution in [2.75, 3.05) is 19.8 Å². The molecule has 0 saturated heterocycles. The lowest BCUT2D eigenvalue weighted by atomic mass is 10.1. The second-order valence-corrected chi connectivity index (χ2v) is 15.6. The van der Waals surface area contributed by atoms with Gasteiger partial charge >= 0.3 is 25.7 Å². The number of carboxylic acids is 1. The number of esters is 2. The molecule has 2 unspecified atom stereocenters. The van der Waals surface area contributed by atoms with Crippen molar-refractivity contribution in [1.82, 2.24) is 0 Å². The largest absolute Gasteiger partial charge is 0.480 e. The van der Waals surface area contributed by atoms with E-state index in [1.54, 1.807) is 0 Å². The molecule has 0 aromatic heterocycles. The molecule has 0 aromatic rings. The van der Waals surface area contributed by atoms with E-state index < -0.39 is 57.7 Å². The van der Waals surface area contributed by atoms with Crippen LogP contribution in [0, 0.1) is 0 Å². The number of aliphatic carboxylic acids is 1. The van der Waals surface area contributed by atoms with Crippen molar-refractivity contribution in [2.45, 2.75) is 167 Å². The molecule has 330 valence electrons. The van der Waals surface area contributed by atoms with Gasteiger partial charge in [0, 0.05) is 12.8 Å². The van der Waals surface area contributed by atoms with E-state index in [4.69, 9.17) is 24.8 Å². The number of carboxylic acid groups (broad SMARTS) is 1. The smallest absolute Gasteiger partial charge is 0.472 e. The van der Waals surface area contributed by atoms with Crippen LogP contribution in [0.25, 0.3) is 0 Å². The molecule has 0 heterocycles. The first-order valence-electron chi connectivity index (χ1n) is 21.6. The Hall–Kier alpha value is -3.34. The van der Waals surface area contributed by atoms with E-state index in [9.17, 15) is 23.8 Å². The summed E-state index contributed by atoms with van der Waals surface area (Å²) in [5.41, 5.74) is 5.32. The van der Waals surface area contributed by atoms with Crippen LogP contribution >= 0.6 is 7.82 Å². The monoisotopic (exact) mass is 834 g/mol. The van der Waals surface area contributed by atoms with E-state index in [2.05, 4.69) is 91.3 Å². The van der Waals surface area contributed by atoms with Gasteiger partial charge in [-0.15, -0.1) is 0 Å². The van der Waals surface area contributed by atoms with Crippen molar-refractivity contribution in [3.8, 4) is 0 Å². The first-order chi connectivity index (χ1) is 28.1. The molecule has 58 heavy (non-hydrogen) atoms. The summed E-state index contributed by atoms with van der Waals surface area (Å²) in [6, 6.07) is -1.54. The van der Waals surface area contributed by atoms with Crippen molar-refractivity contribution in [2.24, 2.45) is 5.73 Å². The van der Waals surface area contributed by atoms with Crippen molar-refractivity contribution in [3.05, 3.63) is 85.1 Å². The van der Waals surface area contributed by atoms with Crippen molar-refractivity contribution >= 4 is 25.7 Å². The summed E-state index contributed by atoms with van der Waals surface area (Å²) >= 11 is 0. The van der Waals surface area contributed by atoms with Crippen LogP contribution in [0.5, 0.6) is 0 Å². The molecule has 4 N–H and O–H groups in total. The highest BCUT2D eigenvalue weighted by molar-refractivity contribution is 7.47.